The second kappa shape index (κ2) is 8.28. The Morgan fingerprint density at radius 2 is 1.54 bits per heavy atom. The van der Waals surface area contributed by atoms with Crippen LogP contribution in [0.2, 0.25) is 0 Å². The van der Waals surface area contributed by atoms with Gasteiger partial charge in [-0.05, 0) is 36.9 Å². The number of benzene rings is 2. The van der Waals surface area contributed by atoms with Crippen molar-refractivity contribution < 1.29 is 13.2 Å². The molecule has 0 saturated carbocycles. The summed E-state index contributed by atoms with van der Waals surface area (Å²) >= 11 is 0. The lowest BCUT2D eigenvalue weighted by Gasteiger charge is -2.17. The molecule has 0 unspecified atom stereocenters. The Labute approximate surface area is 144 Å². The molecule has 0 fully saturated rings. The highest BCUT2D eigenvalue weighted by Crippen LogP contribution is 2.18. The van der Waals surface area contributed by atoms with Gasteiger partial charge in [-0.25, -0.2) is 12.7 Å². The first kappa shape index (κ1) is 18.4. The van der Waals surface area contributed by atoms with E-state index in [-0.39, 0.29) is 4.90 Å². The van der Waals surface area contributed by atoms with Crippen LogP contribution in [-0.2, 0) is 16.6 Å². The van der Waals surface area contributed by atoms with Gasteiger partial charge in [0.2, 0.25) is 10.0 Å². The summed E-state index contributed by atoms with van der Waals surface area (Å²) in [5.41, 5.74) is 1.26. The minimum atomic E-state index is -3.39. The molecule has 6 heteroatoms. The Bertz CT molecular complexity index is 729. The number of rotatable bonds is 8. The minimum Gasteiger partial charge on any atom is -0.492 e. The van der Waals surface area contributed by atoms with Crippen molar-refractivity contribution >= 4 is 10.0 Å². The molecule has 0 amide bonds. The van der Waals surface area contributed by atoms with Gasteiger partial charge >= 0.3 is 0 Å². The zero-order valence-corrected chi connectivity index (χ0v) is 15.2. The first-order chi connectivity index (χ1) is 11.4. The number of sulfonamides is 1. The molecule has 2 aromatic rings. The molecule has 0 aliphatic heterocycles. The lowest BCUT2D eigenvalue weighted by atomic mass is 10.2. The normalized spacial score (nSPS) is 11.9. The van der Waals surface area contributed by atoms with Gasteiger partial charge in [0.05, 0.1) is 4.90 Å². The van der Waals surface area contributed by atoms with Crippen molar-refractivity contribution in [2.45, 2.75) is 11.4 Å². The van der Waals surface area contributed by atoms with Gasteiger partial charge < -0.3 is 4.74 Å². The van der Waals surface area contributed by atoms with Crippen molar-refractivity contribution in [3.05, 3.63) is 60.2 Å². The fourth-order valence-corrected chi connectivity index (χ4v) is 3.11. The first-order valence-corrected chi connectivity index (χ1v) is 9.21. The van der Waals surface area contributed by atoms with Gasteiger partial charge in [0.25, 0.3) is 0 Å². The zero-order chi connectivity index (χ0) is 17.6. The monoisotopic (exact) mass is 348 g/mol. The highest BCUT2D eigenvalue weighted by Gasteiger charge is 2.16. The Morgan fingerprint density at radius 1 is 0.917 bits per heavy atom. The van der Waals surface area contributed by atoms with E-state index < -0.39 is 10.0 Å². The smallest absolute Gasteiger partial charge is 0.242 e. The van der Waals surface area contributed by atoms with Crippen LogP contribution < -0.4 is 4.74 Å². The SMILES string of the molecule is CN(CCOc1ccc(S(=O)(=O)N(C)C)cc1)Cc1ccccc1. The summed E-state index contributed by atoms with van der Waals surface area (Å²) in [4.78, 5) is 2.45. The molecular formula is C18H24N2O3S. The van der Waals surface area contributed by atoms with Crippen LogP contribution in [0.25, 0.3) is 0 Å². The van der Waals surface area contributed by atoms with Crippen molar-refractivity contribution in [1.29, 1.82) is 0 Å². The van der Waals surface area contributed by atoms with Crippen molar-refractivity contribution in [2.75, 3.05) is 34.3 Å². The summed E-state index contributed by atoms with van der Waals surface area (Å²) in [5, 5.41) is 0. The van der Waals surface area contributed by atoms with Gasteiger partial charge in [0, 0.05) is 27.2 Å². The molecule has 2 rings (SSSR count). The van der Waals surface area contributed by atoms with E-state index in [9.17, 15) is 8.42 Å². The standard InChI is InChI=1S/C18H24N2O3S/c1-19(2)24(21,22)18-11-9-17(10-12-18)23-14-13-20(3)15-16-7-5-4-6-8-16/h4-12H,13-15H2,1-3H3. The van der Waals surface area contributed by atoms with E-state index in [1.54, 1.807) is 24.3 Å². The molecule has 24 heavy (non-hydrogen) atoms. The Kier molecular flexibility index (Phi) is 6.36. The highest BCUT2D eigenvalue weighted by molar-refractivity contribution is 7.89. The van der Waals surface area contributed by atoms with Gasteiger partial charge in [0.1, 0.15) is 12.4 Å². The number of hydrogen-bond acceptors (Lipinski definition) is 4. The van der Waals surface area contributed by atoms with Crippen LogP contribution in [-0.4, -0.2) is 51.9 Å². The highest BCUT2D eigenvalue weighted by atomic mass is 32.2. The third kappa shape index (κ3) is 5.06. The van der Waals surface area contributed by atoms with Gasteiger partial charge in [-0.1, -0.05) is 30.3 Å². The van der Waals surface area contributed by atoms with E-state index >= 15 is 0 Å². The number of ether oxygens (including phenoxy) is 1. The Morgan fingerprint density at radius 3 is 2.12 bits per heavy atom. The van der Waals surface area contributed by atoms with Crippen LogP contribution in [0.5, 0.6) is 5.75 Å². The predicted octanol–water partition coefficient (Wildman–Crippen LogP) is 2.45. The minimum absolute atomic E-state index is 0.265. The molecule has 0 aliphatic carbocycles. The molecule has 0 aliphatic rings. The zero-order valence-electron chi connectivity index (χ0n) is 14.3. The van der Waals surface area contributed by atoms with E-state index in [2.05, 4.69) is 17.0 Å². The van der Waals surface area contributed by atoms with Gasteiger partial charge in [0.15, 0.2) is 0 Å². The van der Waals surface area contributed by atoms with Gasteiger partial charge in [-0.2, -0.15) is 0 Å². The molecule has 0 radical (unpaired) electrons. The quantitative estimate of drug-likeness (QED) is 0.735. The van der Waals surface area contributed by atoms with Crippen LogP contribution in [0.3, 0.4) is 0 Å². The molecule has 5 nitrogen and oxygen atoms in total. The Balaban J connectivity index is 1.82. The molecule has 0 atom stereocenters. The maximum Gasteiger partial charge on any atom is 0.242 e. The fourth-order valence-electron chi connectivity index (χ4n) is 2.21. The number of likely N-dealkylation sites (N-methyl/N-ethyl adjacent to an activating group) is 1. The largest absolute Gasteiger partial charge is 0.492 e. The summed E-state index contributed by atoms with van der Waals surface area (Å²) in [6.45, 7) is 2.19. The maximum atomic E-state index is 12.0. The maximum absolute atomic E-state index is 12.0. The van der Waals surface area contributed by atoms with E-state index in [0.717, 1.165) is 13.1 Å². The Hall–Kier alpha value is -1.89. The van der Waals surface area contributed by atoms with Crippen LogP contribution in [0.15, 0.2) is 59.5 Å². The average molecular weight is 348 g/mol. The van der Waals surface area contributed by atoms with E-state index in [1.165, 1.54) is 24.0 Å². The molecule has 0 N–H and O–H groups in total. The van der Waals surface area contributed by atoms with Crippen molar-refractivity contribution in [1.82, 2.24) is 9.21 Å². The second-order valence-corrected chi connectivity index (χ2v) is 7.98. The predicted molar refractivity (Wildman–Crippen MR) is 95.6 cm³/mol. The molecule has 0 aromatic heterocycles. The third-order valence-electron chi connectivity index (χ3n) is 3.64. The number of nitrogens with zero attached hydrogens (tertiary/aromatic N) is 2. The summed E-state index contributed by atoms with van der Waals surface area (Å²) in [7, 11) is 1.68. The summed E-state index contributed by atoms with van der Waals surface area (Å²) < 4.78 is 30.9. The van der Waals surface area contributed by atoms with Crippen LogP contribution in [0, 0.1) is 0 Å². The lowest BCUT2D eigenvalue weighted by molar-refractivity contribution is 0.233. The van der Waals surface area contributed by atoms with Crippen molar-refractivity contribution in [3.63, 3.8) is 0 Å². The third-order valence-corrected chi connectivity index (χ3v) is 5.47. The fraction of sp³-hybridized carbons (Fsp3) is 0.333. The molecular weight excluding hydrogens is 324 g/mol. The van der Waals surface area contributed by atoms with Gasteiger partial charge in [-0.15, -0.1) is 0 Å². The van der Waals surface area contributed by atoms with E-state index in [0.29, 0.717) is 12.4 Å². The molecule has 0 bridgehead atoms. The molecule has 130 valence electrons. The summed E-state index contributed by atoms with van der Waals surface area (Å²) in [6.07, 6.45) is 0. The summed E-state index contributed by atoms with van der Waals surface area (Å²) in [6, 6.07) is 16.8. The second-order valence-electron chi connectivity index (χ2n) is 5.83. The van der Waals surface area contributed by atoms with Crippen LogP contribution in [0.4, 0.5) is 0 Å². The van der Waals surface area contributed by atoms with E-state index in [4.69, 9.17) is 4.74 Å². The summed E-state index contributed by atoms with van der Waals surface area (Å²) in [5.74, 6) is 0.667. The average Bonchev–Trinajstić information content (AvgIpc) is 2.56. The van der Waals surface area contributed by atoms with Crippen LogP contribution in [0.1, 0.15) is 5.56 Å². The molecule has 0 saturated heterocycles. The lowest BCUT2D eigenvalue weighted by Crippen LogP contribution is -2.24. The molecule has 2 aromatic carbocycles. The topological polar surface area (TPSA) is 49.9 Å². The first-order valence-electron chi connectivity index (χ1n) is 7.77. The number of hydrogen-bond donors (Lipinski definition) is 0. The van der Waals surface area contributed by atoms with Crippen molar-refractivity contribution in [3.8, 4) is 5.75 Å². The van der Waals surface area contributed by atoms with Gasteiger partial charge in [-0.3, -0.25) is 4.90 Å². The molecule has 0 spiro atoms. The van der Waals surface area contributed by atoms with Crippen molar-refractivity contribution in [2.24, 2.45) is 0 Å². The van der Waals surface area contributed by atoms with E-state index in [1.807, 2.05) is 25.2 Å². The van der Waals surface area contributed by atoms with Crippen LogP contribution >= 0.6 is 0 Å². The molecule has 0 heterocycles.